The number of ether oxygens (including phenoxy) is 1. The van der Waals surface area contributed by atoms with Gasteiger partial charge in [0.25, 0.3) is 0 Å². The molecule has 1 saturated heterocycles. The standard InChI is InChI=1S/C30H42N8O3/c1-31-9-4-11-38(12-5-17-41-2)30-33-20-26(21-34-30)25-8-10-32-28(19-25)35-27-7-3-6-24(18-27)22-36-13-15-37(16-14-36)23-29(39)40/h3,6-8,10,18-21,31H,4-5,9,11-17,22-23H2,1-2H3,(H,32,35)(H,39,40). The lowest BCUT2D eigenvalue weighted by atomic mass is 10.1. The molecule has 11 heteroatoms. The fourth-order valence-electron chi connectivity index (χ4n) is 4.92. The Morgan fingerprint density at radius 3 is 2.49 bits per heavy atom. The Hall–Kier alpha value is -3.64. The maximum atomic E-state index is 11.0. The van der Waals surface area contributed by atoms with E-state index >= 15 is 0 Å². The molecule has 0 spiro atoms. The Balaban J connectivity index is 1.36. The van der Waals surface area contributed by atoms with E-state index in [0.717, 1.165) is 93.8 Å². The number of anilines is 3. The van der Waals surface area contributed by atoms with E-state index in [-0.39, 0.29) is 6.54 Å². The van der Waals surface area contributed by atoms with Crippen LogP contribution in [0.1, 0.15) is 18.4 Å². The lowest BCUT2D eigenvalue weighted by Gasteiger charge is -2.33. The minimum atomic E-state index is -0.768. The molecule has 1 fully saturated rings. The number of carbonyl (C=O) groups is 1. The van der Waals surface area contributed by atoms with Crippen molar-refractivity contribution in [1.82, 2.24) is 30.1 Å². The Morgan fingerprint density at radius 2 is 1.76 bits per heavy atom. The molecule has 0 atom stereocenters. The first kappa shape index (κ1) is 30.3. The van der Waals surface area contributed by atoms with Gasteiger partial charge in [0.15, 0.2) is 0 Å². The number of carboxylic acid groups (broad SMARTS) is 1. The third-order valence-electron chi connectivity index (χ3n) is 7.07. The van der Waals surface area contributed by atoms with Crippen LogP contribution in [0, 0.1) is 0 Å². The van der Waals surface area contributed by atoms with Crippen LogP contribution in [0.5, 0.6) is 0 Å². The van der Waals surface area contributed by atoms with Crippen LogP contribution in [0.15, 0.2) is 55.0 Å². The van der Waals surface area contributed by atoms with Crippen LogP contribution >= 0.6 is 0 Å². The SMILES string of the molecule is CNCCCN(CCCOC)c1ncc(-c2ccnc(Nc3cccc(CN4CCN(CC(=O)O)CC4)c3)c2)cn1. The molecule has 3 aromatic rings. The van der Waals surface area contributed by atoms with Gasteiger partial charge in [0.05, 0.1) is 6.54 Å². The first-order valence-electron chi connectivity index (χ1n) is 14.2. The van der Waals surface area contributed by atoms with E-state index in [1.165, 1.54) is 5.56 Å². The second-order valence-electron chi connectivity index (χ2n) is 10.3. The molecular weight excluding hydrogens is 520 g/mol. The summed E-state index contributed by atoms with van der Waals surface area (Å²) in [7, 11) is 3.69. The number of hydrogen-bond donors (Lipinski definition) is 3. The molecule has 3 heterocycles. The van der Waals surface area contributed by atoms with E-state index in [1.807, 2.05) is 48.6 Å². The van der Waals surface area contributed by atoms with Gasteiger partial charge in [0, 0.05) is 89.4 Å². The second kappa shape index (κ2) is 16.0. The number of rotatable bonds is 16. The van der Waals surface area contributed by atoms with Crippen LogP contribution < -0.4 is 15.5 Å². The summed E-state index contributed by atoms with van der Waals surface area (Å²) in [6.07, 6.45) is 7.48. The van der Waals surface area contributed by atoms with Crippen LogP contribution in [0.2, 0.25) is 0 Å². The molecule has 3 N–H and O–H groups in total. The van der Waals surface area contributed by atoms with E-state index in [0.29, 0.717) is 6.61 Å². The van der Waals surface area contributed by atoms with Crippen molar-refractivity contribution < 1.29 is 14.6 Å². The summed E-state index contributed by atoms with van der Waals surface area (Å²) >= 11 is 0. The monoisotopic (exact) mass is 562 g/mol. The largest absolute Gasteiger partial charge is 0.480 e. The minimum absolute atomic E-state index is 0.111. The van der Waals surface area contributed by atoms with Gasteiger partial charge < -0.3 is 25.4 Å². The molecule has 1 aliphatic rings. The van der Waals surface area contributed by atoms with Gasteiger partial charge in [0.2, 0.25) is 5.95 Å². The number of pyridine rings is 1. The third-order valence-corrected chi connectivity index (χ3v) is 7.07. The first-order valence-corrected chi connectivity index (χ1v) is 14.2. The number of hydrogen-bond acceptors (Lipinski definition) is 10. The van der Waals surface area contributed by atoms with Gasteiger partial charge >= 0.3 is 5.97 Å². The number of aromatic nitrogens is 3. The van der Waals surface area contributed by atoms with Crippen molar-refractivity contribution in [2.45, 2.75) is 19.4 Å². The summed E-state index contributed by atoms with van der Waals surface area (Å²) in [6, 6.07) is 12.3. The summed E-state index contributed by atoms with van der Waals surface area (Å²) in [4.78, 5) is 31.4. The van der Waals surface area contributed by atoms with Gasteiger partial charge in [-0.2, -0.15) is 0 Å². The fourth-order valence-corrected chi connectivity index (χ4v) is 4.92. The van der Waals surface area contributed by atoms with E-state index < -0.39 is 5.97 Å². The molecule has 0 amide bonds. The van der Waals surface area contributed by atoms with Crippen LogP contribution in [-0.4, -0.2) is 109 Å². The second-order valence-corrected chi connectivity index (χ2v) is 10.3. The maximum absolute atomic E-state index is 11.0. The lowest BCUT2D eigenvalue weighted by molar-refractivity contribution is -0.138. The van der Waals surface area contributed by atoms with Crippen molar-refractivity contribution in [3.8, 4) is 11.1 Å². The molecule has 0 bridgehead atoms. The van der Waals surface area contributed by atoms with E-state index in [2.05, 4.69) is 47.5 Å². The molecule has 2 aromatic heterocycles. The predicted molar refractivity (Wildman–Crippen MR) is 162 cm³/mol. The zero-order chi connectivity index (χ0) is 28.9. The summed E-state index contributed by atoms with van der Waals surface area (Å²) in [5.74, 6) is 0.711. The lowest BCUT2D eigenvalue weighted by Crippen LogP contribution is -2.47. The van der Waals surface area contributed by atoms with Crippen molar-refractivity contribution in [2.24, 2.45) is 0 Å². The number of carboxylic acids is 1. The number of nitrogens with one attached hydrogen (secondary N) is 2. The average molecular weight is 563 g/mol. The van der Waals surface area contributed by atoms with Gasteiger partial charge in [-0.1, -0.05) is 12.1 Å². The molecular formula is C30H42N8O3. The smallest absolute Gasteiger partial charge is 0.317 e. The molecule has 4 rings (SSSR count). The molecule has 41 heavy (non-hydrogen) atoms. The summed E-state index contributed by atoms with van der Waals surface area (Å²) in [5.41, 5.74) is 4.09. The van der Waals surface area contributed by atoms with Gasteiger partial charge in [-0.3, -0.25) is 14.6 Å². The number of methoxy groups -OCH3 is 1. The van der Waals surface area contributed by atoms with E-state index in [4.69, 9.17) is 9.84 Å². The number of nitrogens with zero attached hydrogens (tertiary/aromatic N) is 6. The number of aliphatic carboxylic acids is 1. The summed E-state index contributed by atoms with van der Waals surface area (Å²) in [6.45, 7) is 7.58. The average Bonchev–Trinajstić information content (AvgIpc) is 2.98. The molecule has 0 aliphatic carbocycles. The quantitative estimate of drug-likeness (QED) is 0.224. The van der Waals surface area contributed by atoms with E-state index in [9.17, 15) is 4.79 Å². The maximum Gasteiger partial charge on any atom is 0.317 e. The Morgan fingerprint density at radius 1 is 1.00 bits per heavy atom. The van der Waals surface area contributed by atoms with Crippen LogP contribution in [0.25, 0.3) is 11.1 Å². The van der Waals surface area contributed by atoms with Crippen molar-refractivity contribution >= 4 is 23.4 Å². The normalized spacial score (nSPS) is 14.2. The van der Waals surface area contributed by atoms with Gasteiger partial charge in [-0.15, -0.1) is 0 Å². The fraction of sp³-hybridized carbons (Fsp3) is 0.467. The number of benzene rings is 1. The topological polar surface area (TPSA) is 119 Å². The Bertz CT molecular complexity index is 1210. The molecule has 1 aromatic carbocycles. The van der Waals surface area contributed by atoms with Crippen molar-refractivity contribution in [2.75, 3.05) is 83.3 Å². The highest BCUT2D eigenvalue weighted by atomic mass is 16.5. The Kier molecular flexibility index (Phi) is 11.8. The van der Waals surface area contributed by atoms with Crippen LogP contribution in [0.3, 0.4) is 0 Å². The Labute approximate surface area is 242 Å². The zero-order valence-corrected chi connectivity index (χ0v) is 24.1. The summed E-state index contributed by atoms with van der Waals surface area (Å²) in [5, 5.41) is 15.7. The zero-order valence-electron chi connectivity index (χ0n) is 24.1. The molecule has 1 aliphatic heterocycles. The van der Waals surface area contributed by atoms with Gasteiger partial charge in [0.1, 0.15) is 5.82 Å². The third kappa shape index (κ3) is 9.75. The highest BCUT2D eigenvalue weighted by Crippen LogP contribution is 2.24. The summed E-state index contributed by atoms with van der Waals surface area (Å²) < 4.78 is 5.23. The molecule has 0 saturated carbocycles. The molecule has 220 valence electrons. The first-order chi connectivity index (χ1) is 20.0. The molecule has 0 unspecified atom stereocenters. The minimum Gasteiger partial charge on any atom is -0.480 e. The highest BCUT2D eigenvalue weighted by molar-refractivity contribution is 5.69. The van der Waals surface area contributed by atoms with Crippen LogP contribution in [0.4, 0.5) is 17.5 Å². The highest BCUT2D eigenvalue weighted by Gasteiger charge is 2.18. The van der Waals surface area contributed by atoms with Crippen molar-refractivity contribution in [1.29, 1.82) is 0 Å². The van der Waals surface area contributed by atoms with Crippen LogP contribution in [-0.2, 0) is 16.1 Å². The van der Waals surface area contributed by atoms with Gasteiger partial charge in [-0.05, 0) is 61.8 Å². The molecule has 0 radical (unpaired) electrons. The number of piperazine rings is 1. The molecule has 11 nitrogen and oxygen atoms in total. The van der Waals surface area contributed by atoms with Gasteiger partial charge in [-0.25, -0.2) is 15.0 Å². The van der Waals surface area contributed by atoms with E-state index in [1.54, 1.807) is 13.3 Å². The predicted octanol–water partition coefficient (Wildman–Crippen LogP) is 2.94. The van der Waals surface area contributed by atoms with Crippen molar-refractivity contribution in [3.05, 3.63) is 60.6 Å². The van der Waals surface area contributed by atoms with Crippen molar-refractivity contribution in [3.63, 3.8) is 0 Å².